The van der Waals surface area contributed by atoms with Crippen molar-refractivity contribution in [2.75, 3.05) is 6.61 Å². The zero-order valence-electron chi connectivity index (χ0n) is 14.5. The summed E-state index contributed by atoms with van der Waals surface area (Å²) in [6, 6.07) is 12.5. The Morgan fingerprint density at radius 1 is 1.04 bits per heavy atom. The van der Waals surface area contributed by atoms with Gasteiger partial charge in [0.05, 0.1) is 6.61 Å². The summed E-state index contributed by atoms with van der Waals surface area (Å²) in [5, 5.41) is 1.49. The average Bonchev–Trinajstić information content (AvgIpc) is 3.54. The van der Waals surface area contributed by atoms with Crippen LogP contribution in [0.2, 0.25) is 0 Å². The molecule has 2 aliphatic carbocycles. The lowest BCUT2D eigenvalue weighted by molar-refractivity contribution is 0.300. The Morgan fingerprint density at radius 3 is 2.62 bits per heavy atom. The number of halogens is 1. The van der Waals surface area contributed by atoms with Crippen LogP contribution >= 0.6 is 0 Å². The van der Waals surface area contributed by atoms with Crippen LogP contribution < -0.4 is 10.3 Å². The molecule has 0 atom stereocenters. The molecule has 0 spiro atoms. The van der Waals surface area contributed by atoms with Crippen molar-refractivity contribution >= 4 is 10.8 Å². The van der Waals surface area contributed by atoms with Crippen molar-refractivity contribution in [2.24, 2.45) is 5.92 Å². The molecule has 0 aliphatic heterocycles. The highest BCUT2D eigenvalue weighted by atomic mass is 19.1. The second kappa shape index (κ2) is 5.97. The Balaban J connectivity index is 1.69. The van der Waals surface area contributed by atoms with E-state index < -0.39 is 0 Å². The maximum atomic E-state index is 13.8. The predicted octanol–water partition coefficient (Wildman–Crippen LogP) is 4.93. The second-order valence-corrected chi connectivity index (χ2v) is 7.46. The molecule has 2 aliphatic rings. The first-order valence-corrected chi connectivity index (χ1v) is 9.27. The number of benzene rings is 2. The number of hydrogen-bond donors (Lipinski definition) is 0. The van der Waals surface area contributed by atoms with Gasteiger partial charge in [-0.05, 0) is 67.5 Å². The first kappa shape index (κ1) is 15.6. The number of hydrogen-bond acceptors (Lipinski definition) is 2. The molecule has 26 heavy (non-hydrogen) atoms. The highest BCUT2D eigenvalue weighted by molar-refractivity contribution is 5.96. The molecule has 0 amide bonds. The summed E-state index contributed by atoms with van der Waals surface area (Å²) in [4.78, 5) is 12.9. The minimum absolute atomic E-state index is 0.0244. The monoisotopic (exact) mass is 349 g/mol. The molecule has 2 aromatic carbocycles. The van der Waals surface area contributed by atoms with Gasteiger partial charge in [-0.25, -0.2) is 4.39 Å². The van der Waals surface area contributed by atoms with Gasteiger partial charge in [-0.15, -0.1) is 0 Å². The van der Waals surface area contributed by atoms with Crippen LogP contribution in [0.5, 0.6) is 5.75 Å². The van der Waals surface area contributed by atoms with Crippen molar-refractivity contribution in [1.82, 2.24) is 4.57 Å². The minimum Gasteiger partial charge on any atom is -0.493 e. The zero-order valence-corrected chi connectivity index (χ0v) is 14.5. The van der Waals surface area contributed by atoms with Crippen LogP contribution in [-0.2, 0) is 0 Å². The Bertz CT molecular complexity index is 1050. The lowest BCUT2D eigenvalue weighted by atomic mass is 10.00. The summed E-state index contributed by atoms with van der Waals surface area (Å²) in [5.41, 5.74) is 1.68. The summed E-state index contributed by atoms with van der Waals surface area (Å²) < 4.78 is 21.5. The van der Waals surface area contributed by atoms with Crippen LogP contribution in [0.4, 0.5) is 4.39 Å². The van der Waals surface area contributed by atoms with Crippen molar-refractivity contribution in [3.63, 3.8) is 0 Å². The molecule has 0 bridgehead atoms. The number of aromatic nitrogens is 1. The Kier molecular flexibility index (Phi) is 3.59. The molecule has 2 fully saturated rings. The lowest BCUT2D eigenvalue weighted by Crippen LogP contribution is -2.19. The number of ether oxygens (including phenoxy) is 1. The fraction of sp³-hybridized carbons (Fsp3) is 0.318. The van der Waals surface area contributed by atoms with E-state index >= 15 is 0 Å². The maximum absolute atomic E-state index is 13.8. The molecule has 3 aromatic rings. The standard InChI is InChI=1S/C22H20FNO2/c23-16-3-1-2-15(10-16)21-12-24(17-6-7-17)22(25)19-9-8-18(11-20(19)21)26-13-14-4-5-14/h1-3,8-12,14,17H,4-7,13H2. The van der Waals surface area contributed by atoms with Crippen molar-refractivity contribution in [2.45, 2.75) is 31.7 Å². The van der Waals surface area contributed by atoms with Gasteiger partial charge in [-0.3, -0.25) is 4.79 Å². The molecule has 0 N–H and O–H groups in total. The number of pyridine rings is 1. The van der Waals surface area contributed by atoms with Gasteiger partial charge in [0, 0.05) is 28.6 Å². The molecule has 1 heterocycles. The molecule has 2 saturated carbocycles. The largest absolute Gasteiger partial charge is 0.493 e. The van der Waals surface area contributed by atoms with Crippen LogP contribution in [0.25, 0.3) is 21.9 Å². The summed E-state index contributed by atoms with van der Waals surface area (Å²) in [6.07, 6.45) is 6.40. The number of rotatable bonds is 5. The Hall–Kier alpha value is -2.62. The van der Waals surface area contributed by atoms with Crippen LogP contribution in [0.15, 0.2) is 53.5 Å². The fourth-order valence-corrected chi connectivity index (χ4v) is 3.44. The van der Waals surface area contributed by atoms with Crippen LogP contribution in [0.3, 0.4) is 0 Å². The molecule has 5 rings (SSSR count). The molecular weight excluding hydrogens is 329 g/mol. The third-order valence-electron chi connectivity index (χ3n) is 5.27. The van der Waals surface area contributed by atoms with Crippen molar-refractivity contribution < 1.29 is 9.13 Å². The Morgan fingerprint density at radius 2 is 1.88 bits per heavy atom. The van der Waals surface area contributed by atoms with Crippen molar-refractivity contribution in [3.05, 3.63) is 64.8 Å². The molecule has 0 saturated heterocycles. The van der Waals surface area contributed by atoms with Gasteiger partial charge in [-0.2, -0.15) is 0 Å². The van der Waals surface area contributed by atoms with Gasteiger partial charge in [0.1, 0.15) is 11.6 Å². The van der Waals surface area contributed by atoms with Gasteiger partial charge in [0.2, 0.25) is 0 Å². The second-order valence-electron chi connectivity index (χ2n) is 7.46. The first-order valence-electron chi connectivity index (χ1n) is 9.27. The highest BCUT2D eigenvalue weighted by Crippen LogP contribution is 2.37. The molecule has 4 heteroatoms. The summed E-state index contributed by atoms with van der Waals surface area (Å²) in [5.74, 6) is 1.16. The molecule has 132 valence electrons. The van der Waals surface area contributed by atoms with Gasteiger partial charge >= 0.3 is 0 Å². The maximum Gasteiger partial charge on any atom is 0.258 e. The topological polar surface area (TPSA) is 31.2 Å². The van der Waals surface area contributed by atoms with Crippen molar-refractivity contribution in [1.29, 1.82) is 0 Å². The van der Waals surface area contributed by atoms with E-state index in [4.69, 9.17) is 4.74 Å². The van der Waals surface area contributed by atoms with E-state index in [2.05, 4.69) is 0 Å². The third-order valence-corrected chi connectivity index (χ3v) is 5.27. The van der Waals surface area contributed by atoms with Crippen LogP contribution in [0.1, 0.15) is 31.7 Å². The number of nitrogens with zero attached hydrogens (tertiary/aromatic N) is 1. The summed E-state index contributed by atoms with van der Waals surface area (Å²) in [6.45, 7) is 0.722. The van der Waals surface area contributed by atoms with Crippen molar-refractivity contribution in [3.8, 4) is 16.9 Å². The van der Waals surface area contributed by atoms with Gasteiger partial charge < -0.3 is 9.30 Å². The molecule has 0 unspecified atom stereocenters. The van der Waals surface area contributed by atoms with E-state index in [0.29, 0.717) is 11.3 Å². The quantitative estimate of drug-likeness (QED) is 0.654. The lowest BCUT2D eigenvalue weighted by Gasteiger charge is -2.14. The van der Waals surface area contributed by atoms with Gasteiger partial charge in [0.25, 0.3) is 5.56 Å². The van der Waals surface area contributed by atoms with E-state index in [1.165, 1.54) is 25.0 Å². The fourth-order valence-electron chi connectivity index (χ4n) is 3.44. The van der Waals surface area contributed by atoms with E-state index in [1.807, 2.05) is 35.0 Å². The van der Waals surface area contributed by atoms with E-state index in [9.17, 15) is 9.18 Å². The molecule has 1 aromatic heterocycles. The van der Waals surface area contributed by atoms with E-state index in [0.717, 1.165) is 41.7 Å². The normalized spacial score (nSPS) is 16.8. The van der Waals surface area contributed by atoms with Crippen LogP contribution in [0, 0.1) is 11.7 Å². The molecular formula is C22H20FNO2. The minimum atomic E-state index is -0.277. The summed E-state index contributed by atoms with van der Waals surface area (Å²) >= 11 is 0. The zero-order chi connectivity index (χ0) is 17.7. The smallest absolute Gasteiger partial charge is 0.258 e. The molecule has 3 nitrogen and oxygen atoms in total. The summed E-state index contributed by atoms with van der Waals surface area (Å²) in [7, 11) is 0. The van der Waals surface area contributed by atoms with Gasteiger partial charge in [-0.1, -0.05) is 12.1 Å². The Labute approximate surface area is 151 Å². The third kappa shape index (κ3) is 2.90. The molecule has 0 radical (unpaired) electrons. The number of fused-ring (bicyclic) bond motifs is 1. The highest BCUT2D eigenvalue weighted by Gasteiger charge is 2.26. The average molecular weight is 349 g/mol. The van der Waals surface area contributed by atoms with E-state index in [1.54, 1.807) is 6.07 Å². The van der Waals surface area contributed by atoms with E-state index in [-0.39, 0.29) is 17.4 Å². The van der Waals surface area contributed by atoms with Crippen LogP contribution in [-0.4, -0.2) is 11.2 Å². The SMILES string of the molecule is O=c1c2ccc(OCC3CC3)cc2c(-c2cccc(F)c2)cn1C1CC1. The first-order chi connectivity index (χ1) is 12.7. The predicted molar refractivity (Wildman–Crippen MR) is 100 cm³/mol. The van der Waals surface area contributed by atoms with Gasteiger partial charge in [0.15, 0.2) is 0 Å².